The molecule has 112 valence electrons. The molecule has 22 heavy (non-hydrogen) atoms. The predicted octanol–water partition coefficient (Wildman–Crippen LogP) is 3.24. The molecule has 1 fully saturated rings. The fourth-order valence-corrected chi connectivity index (χ4v) is 3.79. The highest BCUT2D eigenvalue weighted by atomic mass is 35.5. The van der Waals surface area contributed by atoms with Crippen molar-refractivity contribution in [1.82, 2.24) is 15.0 Å². The molecule has 4 rings (SSSR count). The lowest BCUT2D eigenvalue weighted by molar-refractivity contribution is 0.122. The highest BCUT2D eigenvalue weighted by molar-refractivity contribution is 7.18. The number of halogens is 1. The third-order valence-electron chi connectivity index (χ3n) is 3.65. The molecule has 0 atom stereocenters. The average Bonchev–Trinajstić information content (AvgIpc) is 2.99. The van der Waals surface area contributed by atoms with Crippen molar-refractivity contribution in [2.24, 2.45) is 0 Å². The van der Waals surface area contributed by atoms with Gasteiger partial charge < -0.3 is 9.64 Å². The standard InChI is InChI=1S/C15H13ClN4OS/c16-15-18-12-11(10-2-1-3-17-8-10)9-22-13(12)14(19-15)20-4-6-21-7-5-20/h1-3,8-9H,4-7H2. The average molecular weight is 333 g/mol. The van der Waals surface area contributed by atoms with Crippen LogP contribution in [-0.2, 0) is 4.74 Å². The molecule has 7 heteroatoms. The van der Waals surface area contributed by atoms with Crippen molar-refractivity contribution in [2.75, 3.05) is 31.2 Å². The number of thiophene rings is 1. The summed E-state index contributed by atoms with van der Waals surface area (Å²) in [6, 6.07) is 3.95. The molecule has 3 aromatic rings. The second kappa shape index (κ2) is 5.79. The summed E-state index contributed by atoms with van der Waals surface area (Å²) in [6.07, 6.45) is 3.60. The van der Waals surface area contributed by atoms with Crippen LogP contribution in [-0.4, -0.2) is 41.3 Å². The fraction of sp³-hybridized carbons (Fsp3) is 0.267. The molecule has 0 aromatic carbocycles. The maximum absolute atomic E-state index is 6.17. The zero-order valence-electron chi connectivity index (χ0n) is 11.7. The van der Waals surface area contributed by atoms with Crippen LogP contribution in [0.25, 0.3) is 21.3 Å². The zero-order valence-corrected chi connectivity index (χ0v) is 13.3. The number of ether oxygens (including phenoxy) is 1. The summed E-state index contributed by atoms with van der Waals surface area (Å²) in [4.78, 5) is 15.3. The molecule has 0 bridgehead atoms. The van der Waals surface area contributed by atoms with Crippen LogP contribution in [0.5, 0.6) is 0 Å². The summed E-state index contributed by atoms with van der Waals surface area (Å²) in [5.74, 6) is 0.901. The van der Waals surface area contributed by atoms with Crippen LogP contribution in [0.3, 0.4) is 0 Å². The third-order valence-corrected chi connectivity index (χ3v) is 4.79. The molecule has 5 nitrogen and oxygen atoms in total. The molecule has 0 unspecified atom stereocenters. The van der Waals surface area contributed by atoms with Gasteiger partial charge in [-0.3, -0.25) is 4.98 Å². The molecular weight excluding hydrogens is 320 g/mol. The zero-order chi connectivity index (χ0) is 14.9. The third kappa shape index (κ3) is 2.43. The Kier molecular flexibility index (Phi) is 3.65. The summed E-state index contributed by atoms with van der Waals surface area (Å²) in [6.45, 7) is 3.07. The van der Waals surface area contributed by atoms with Gasteiger partial charge in [-0.1, -0.05) is 6.07 Å². The van der Waals surface area contributed by atoms with E-state index < -0.39 is 0 Å². The van der Waals surface area contributed by atoms with E-state index in [-0.39, 0.29) is 5.28 Å². The number of nitrogens with zero attached hydrogens (tertiary/aromatic N) is 4. The minimum absolute atomic E-state index is 0.275. The van der Waals surface area contributed by atoms with Gasteiger partial charge in [0, 0.05) is 42.0 Å². The molecule has 0 amide bonds. The van der Waals surface area contributed by atoms with Crippen LogP contribution in [0, 0.1) is 0 Å². The SMILES string of the molecule is Clc1nc(N2CCOCC2)c2scc(-c3cccnc3)c2n1. The highest BCUT2D eigenvalue weighted by Gasteiger charge is 2.20. The fourth-order valence-electron chi connectivity index (χ4n) is 2.59. The number of hydrogen-bond acceptors (Lipinski definition) is 6. The van der Waals surface area contributed by atoms with Crippen LogP contribution < -0.4 is 4.90 Å². The summed E-state index contributed by atoms with van der Waals surface area (Å²) in [5.41, 5.74) is 2.97. The largest absolute Gasteiger partial charge is 0.378 e. The van der Waals surface area contributed by atoms with Gasteiger partial charge in [0.05, 0.1) is 23.4 Å². The Morgan fingerprint density at radius 2 is 2.09 bits per heavy atom. The monoisotopic (exact) mass is 332 g/mol. The Bertz CT molecular complexity index is 802. The number of aromatic nitrogens is 3. The van der Waals surface area contributed by atoms with Gasteiger partial charge in [-0.05, 0) is 17.7 Å². The van der Waals surface area contributed by atoms with Gasteiger partial charge in [-0.25, -0.2) is 4.98 Å². The van der Waals surface area contributed by atoms with Crippen LogP contribution in [0.15, 0.2) is 29.9 Å². The Morgan fingerprint density at radius 3 is 2.86 bits per heavy atom. The van der Waals surface area contributed by atoms with Crippen LogP contribution in [0.2, 0.25) is 5.28 Å². The van der Waals surface area contributed by atoms with Crippen molar-refractivity contribution in [3.05, 3.63) is 35.2 Å². The van der Waals surface area contributed by atoms with E-state index in [0.717, 1.165) is 40.3 Å². The second-order valence-corrected chi connectivity index (χ2v) is 6.20. The van der Waals surface area contributed by atoms with Crippen molar-refractivity contribution in [3.63, 3.8) is 0 Å². The van der Waals surface area contributed by atoms with E-state index >= 15 is 0 Å². The first-order chi connectivity index (χ1) is 10.8. The quantitative estimate of drug-likeness (QED) is 0.674. The van der Waals surface area contributed by atoms with E-state index in [2.05, 4.69) is 25.2 Å². The summed E-state index contributed by atoms with van der Waals surface area (Å²) in [5, 5.41) is 2.37. The normalized spacial score (nSPS) is 15.4. The first-order valence-corrected chi connectivity index (χ1v) is 8.26. The maximum atomic E-state index is 6.17. The van der Waals surface area contributed by atoms with Crippen LogP contribution in [0.4, 0.5) is 5.82 Å². The Labute approximate surface area is 136 Å². The van der Waals surface area contributed by atoms with E-state index in [0.29, 0.717) is 13.2 Å². The Morgan fingerprint density at radius 1 is 1.23 bits per heavy atom. The summed E-state index contributed by atoms with van der Waals surface area (Å²) < 4.78 is 6.48. The maximum Gasteiger partial charge on any atom is 0.224 e. The molecule has 0 aliphatic carbocycles. The van der Waals surface area contributed by atoms with Crippen LogP contribution >= 0.6 is 22.9 Å². The number of rotatable bonds is 2. The first kappa shape index (κ1) is 13.9. The first-order valence-electron chi connectivity index (χ1n) is 7.01. The number of anilines is 1. The van der Waals surface area contributed by atoms with Crippen molar-refractivity contribution < 1.29 is 4.74 Å². The predicted molar refractivity (Wildman–Crippen MR) is 88.7 cm³/mol. The van der Waals surface area contributed by atoms with Crippen molar-refractivity contribution in [3.8, 4) is 11.1 Å². The molecule has 1 saturated heterocycles. The molecule has 0 radical (unpaired) electrons. The lowest BCUT2D eigenvalue weighted by Gasteiger charge is -2.28. The van der Waals surface area contributed by atoms with Gasteiger partial charge in [0.1, 0.15) is 0 Å². The van der Waals surface area contributed by atoms with Gasteiger partial charge in [-0.2, -0.15) is 4.98 Å². The second-order valence-electron chi connectivity index (χ2n) is 4.98. The van der Waals surface area contributed by atoms with Gasteiger partial charge >= 0.3 is 0 Å². The number of morpholine rings is 1. The lowest BCUT2D eigenvalue weighted by atomic mass is 10.1. The molecule has 0 saturated carbocycles. The Balaban J connectivity index is 1.87. The van der Waals surface area contributed by atoms with E-state index in [9.17, 15) is 0 Å². The smallest absolute Gasteiger partial charge is 0.224 e. The molecule has 0 spiro atoms. The van der Waals surface area contributed by atoms with Gasteiger partial charge in [0.15, 0.2) is 5.82 Å². The van der Waals surface area contributed by atoms with E-state index in [1.165, 1.54) is 0 Å². The molecule has 1 aliphatic heterocycles. The van der Waals surface area contributed by atoms with E-state index in [4.69, 9.17) is 16.3 Å². The molecule has 4 heterocycles. The van der Waals surface area contributed by atoms with E-state index in [1.54, 1.807) is 17.5 Å². The van der Waals surface area contributed by atoms with Crippen LogP contribution in [0.1, 0.15) is 0 Å². The topological polar surface area (TPSA) is 51.1 Å². The molecule has 3 aromatic heterocycles. The molecular formula is C15H13ClN4OS. The van der Waals surface area contributed by atoms with Crippen molar-refractivity contribution >= 4 is 39.0 Å². The molecule has 0 N–H and O–H groups in total. The van der Waals surface area contributed by atoms with Crippen molar-refractivity contribution in [2.45, 2.75) is 0 Å². The minimum Gasteiger partial charge on any atom is -0.378 e. The number of fused-ring (bicyclic) bond motifs is 1. The van der Waals surface area contributed by atoms with Gasteiger partial charge in [0.2, 0.25) is 5.28 Å². The van der Waals surface area contributed by atoms with Crippen molar-refractivity contribution in [1.29, 1.82) is 0 Å². The lowest BCUT2D eigenvalue weighted by Crippen LogP contribution is -2.36. The van der Waals surface area contributed by atoms with Gasteiger partial charge in [-0.15, -0.1) is 11.3 Å². The minimum atomic E-state index is 0.275. The van der Waals surface area contributed by atoms with Gasteiger partial charge in [0.25, 0.3) is 0 Å². The van der Waals surface area contributed by atoms with E-state index in [1.807, 2.05) is 18.3 Å². The number of pyridine rings is 1. The molecule has 1 aliphatic rings. The Hall–Kier alpha value is -1.76. The highest BCUT2D eigenvalue weighted by Crippen LogP contribution is 2.37. The number of hydrogen-bond donors (Lipinski definition) is 0. The summed E-state index contributed by atoms with van der Waals surface area (Å²) in [7, 11) is 0. The summed E-state index contributed by atoms with van der Waals surface area (Å²) >= 11 is 7.81.